The van der Waals surface area contributed by atoms with Gasteiger partial charge in [-0.15, -0.1) is 0 Å². The van der Waals surface area contributed by atoms with E-state index in [-0.39, 0.29) is 0 Å². The van der Waals surface area contributed by atoms with E-state index in [1.165, 1.54) is 30.5 Å². The first kappa shape index (κ1) is 10.9. The Morgan fingerprint density at radius 1 is 1.35 bits per heavy atom. The molecule has 0 spiro atoms. The van der Waals surface area contributed by atoms with Crippen LogP contribution in [0.1, 0.15) is 31.7 Å². The lowest BCUT2D eigenvalue weighted by molar-refractivity contribution is 0.249. The Bertz CT molecular complexity index is 402. The Labute approximate surface area is 103 Å². The van der Waals surface area contributed by atoms with Crippen molar-refractivity contribution >= 4 is 5.69 Å². The van der Waals surface area contributed by atoms with E-state index in [9.17, 15) is 0 Å². The van der Waals surface area contributed by atoms with Crippen molar-refractivity contribution in [2.24, 2.45) is 11.8 Å². The van der Waals surface area contributed by atoms with E-state index in [0.717, 1.165) is 37.2 Å². The van der Waals surface area contributed by atoms with Crippen LogP contribution < -0.4 is 10.1 Å². The molecule has 1 N–H and O–H groups in total. The summed E-state index contributed by atoms with van der Waals surface area (Å²) in [6, 6.07) is 6.44. The summed E-state index contributed by atoms with van der Waals surface area (Å²) in [6.07, 6.45) is 5.19. The van der Waals surface area contributed by atoms with Crippen LogP contribution in [0.15, 0.2) is 18.2 Å². The second kappa shape index (κ2) is 4.59. The zero-order valence-corrected chi connectivity index (χ0v) is 10.5. The van der Waals surface area contributed by atoms with Crippen LogP contribution in [0.25, 0.3) is 0 Å². The van der Waals surface area contributed by atoms with Gasteiger partial charge in [-0.25, -0.2) is 0 Å². The van der Waals surface area contributed by atoms with E-state index in [1.807, 2.05) is 0 Å². The standard InChI is InChI=1S/C15H21NO/c1-11-2-3-12(8-11)10-17-14-4-5-15-13(9-14)6-7-16-15/h4-5,9,11-12,16H,2-3,6-8,10H2,1H3. The molecule has 1 heterocycles. The number of nitrogens with one attached hydrogen (secondary N) is 1. The smallest absolute Gasteiger partial charge is 0.119 e. The highest BCUT2D eigenvalue weighted by molar-refractivity contribution is 5.57. The van der Waals surface area contributed by atoms with Gasteiger partial charge in [0.05, 0.1) is 6.61 Å². The van der Waals surface area contributed by atoms with E-state index < -0.39 is 0 Å². The van der Waals surface area contributed by atoms with Crippen LogP contribution in [0.3, 0.4) is 0 Å². The summed E-state index contributed by atoms with van der Waals surface area (Å²) in [4.78, 5) is 0. The van der Waals surface area contributed by atoms with Gasteiger partial charge in [0, 0.05) is 12.2 Å². The van der Waals surface area contributed by atoms with Gasteiger partial charge < -0.3 is 10.1 Å². The fourth-order valence-corrected chi connectivity index (χ4v) is 3.06. The second-order valence-electron chi connectivity index (χ2n) is 5.59. The molecular formula is C15H21NO. The number of anilines is 1. The number of hydrogen-bond acceptors (Lipinski definition) is 2. The molecule has 2 nitrogen and oxygen atoms in total. The summed E-state index contributed by atoms with van der Waals surface area (Å²) < 4.78 is 5.94. The summed E-state index contributed by atoms with van der Waals surface area (Å²) in [7, 11) is 0. The largest absolute Gasteiger partial charge is 0.493 e. The van der Waals surface area contributed by atoms with Gasteiger partial charge in [-0.05, 0) is 54.9 Å². The number of fused-ring (bicyclic) bond motifs is 1. The molecule has 1 fully saturated rings. The Morgan fingerprint density at radius 2 is 2.29 bits per heavy atom. The maximum atomic E-state index is 5.94. The molecule has 3 rings (SSSR count). The summed E-state index contributed by atoms with van der Waals surface area (Å²) in [5.41, 5.74) is 2.69. The normalized spacial score (nSPS) is 26.6. The van der Waals surface area contributed by atoms with Gasteiger partial charge in [0.15, 0.2) is 0 Å². The maximum Gasteiger partial charge on any atom is 0.119 e. The number of ether oxygens (including phenoxy) is 1. The number of rotatable bonds is 3. The van der Waals surface area contributed by atoms with Gasteiger partial charge in [0.2, 0.25) is 0 Å². The fourth-order valence-electron chi connectivity index (χ4n) is 3.06. The highest BCUT2D eigenvalue weighted by atomic mass is 16.5. The lowest BCUT2D eigenvalue weighted by atomic mass is 10.1. The topological polar surface area (TPSA) is 21.3 Å². The Morgan fingerprint density at radius 3 is 3.12 bits per heavy atom. The quantitative estimate of drug-likeness (QED) is 0.860. The summed E-state index contributed by atoms with van der Waals surface area (Å²) in [5, 5.41) is 3.37. The molecule has 0 bridgehead atoms. The molecule has 1 saturated carbocycles. The molecule has 0 radical (unpaired) electrons. The monoisotopic (exact) mass is 231 g/mol. The van der Waals surface area contributed by atoms with Gasteiger partial charge in [0.25, 0.3) is 0 Å². The SMILES string of the molecule is CC1CCC(COc2ccc3c(c2)CCN3)C1. The third kappa shape index (κ3) is 2.41. The van der Waals surface area contributed by atoms with Crippen LogP contribution in [0.5, 0.6) is 5.75 Å². The molecule has 1 aliphatic carbocycles. The first-order valence-corrected chi connectivity index (χ1v) is 6.81. The van der Waals surface area contributed by atoms with Crippen molar-refractivity contribution < 1.29 is 4.74 Å². The van der Waals surface area contributed by atoms with Crippen LogP contribution in [-0.4, -0.2) is 13.2 Å². The predicted octanol–water partition coefficient (Wildman–Crippen LogP) is 3.47. The first-order valence-electron chi connectivity index (χ1n) is 6.81. The minimum Gasteiger partial charge on any atom is -0.493 e. The molecule has 2 heteroatoms. The third-order valence-electron chi connectivity index (χ3n) is 4.08. The summed E-state index contributed by atoms with van der Waals surface area (Å²) >= 11 is 0. The molecule has 17 heavy (non-hydrogen) atoms. The van der Waals surface area contributed by atoms with Crippen molar-refractivity contribution in [2.75, 3.05) is 18.5 Å². The van der Waals surface area contributed by atoms with Crippen molar-refractivity contribution in [3.05, 3.63) is 23.8 Å². The summed E-state index contributed by atoms with van der Waals surface area (Å²) in [6.45, 7) is 4.32. The van der Waals surface area contributed by atoms with Gasteiger partial charge in [0.1, 0.15) is 5.75 Å². The van der Waals surface area contributed by atoms with Gasteiger partial charge in [-0.1, -0.05) is 13.3 Å². The van der Waals surface area contributed by atoms with Crippen molar-refractivity contribution in [3.8, 4) is 5.75 Å². The van der Waals surface area contributed by atoms with E-state index >= 15 is 0 Å². The van der Waals surface area contributed by atoms with Crippen molar-refractivity contribution in [1.29, 1.82) is 0 Å². The molecule has 0 saturated heterocycles. The number of hydrogen-bond donors (Lipinski definition) is 1. The van der Waals surface area contributed by atoms with E-state index in [2.05, 4.69) is 30.4 Å². The second-order valence-corrected chi connectivity index (χ2v) is 5.59. The highest BCUT2D eigenvalue weighted by Gasteiger charge is 2.21. The molecule has 1 aromatic carbocycles. The Hall–Kier alpha value is -1.18. The lowest BCUT2D eigenvalue weighted by Gasteiger charge is -2.12. The van der Waals surface area contributed by atoms with Crippen LogP contribution in [0.4, 0.5) is 5.69 Å². The Kier molecular flexibility index (Phi) is 2.96. The van der Waals surface area contributed by atoms with Gasteiger partial charge in [-0.3, -0.25) is 0 Å². The molecule has 2 atom stereocenters. The van der Waals surface area contributed by atoms with E-state index in [1.54, 1.807) is 0 Å². The molecule has 0 aromatic heterocycles. The number of benzene rings is 1. The zero-order chi connectivity index (χ0) is 11.7. The van der Waals surface area contributed by atoms with Crippen molar-refractivity contribution in [3.63, 3.8) is 0 Å². The molecule has 0 amide bonds. The average Bonchev–Trinajstić information content (AvgIpc) is 2.94. The Balaban J connectivity index is 1.58. The van der Waals surface area contributed by atoms with E-state index in [4.69, 9.17) is 4.74 Å². The first-order chi connectivity index (χ1) is 8.31. The molecule has 1 aliphatic heterocycles. The predicted molar refractivity (Wildman–Crippen MR) is 70.6 cm³/mol. The fraction of sp³-hybridized carbons (Fsp3) is 0.600. The van der Waals surface area contributed by atoms with E-state index in [0.29, 0.717) is 0 Å². The highest BCUT2D eigenvalue weighted by Crippen LogP contribution is 2.31. The average molecular weight is 231 g/mol. The third-order valence-corrected chi connectivity index (χ3v) is 4.08. The minimum absolute atomic E-state index is 0.774. The molecule has 2 aliphatic rings. The van der Waals surface area contributed by atoms with Gasteiger partial charge in [-0.2, -0.15) is 0 Å². The van der Waals surface area contributed by atoms with Crippen LogP contribution in [0.2, 0.25) is 0 Å². The maximum absolute atomic E-state index is 5.94. The molecule has 1 aromatic rings. The van der Waals surface area contributed by atoms with Crippen molar-refractivity contribution in [1.82, 2.24) is 0 Å². The minimum atomic E-state index is 0.774. The van der Waals surface area contributed by atoms with Crippen LogP contribution >= 0.6 is 0 Å². The molecule has 92 valence electrons. The summed E-state index contributed by atoms with van der Waals surface area (Å²) in [5.74, 6) is 2.72. The van der Waals surface area contributed by atoms with Crippen LogP contribution in [-0.2, 0) is 6.42 Å². The molecule has 2 unspecified atom stereocenters. The lowest BCUT2D eigenvalue weighted by Crippen LogP contribution is -2.08. The van der Waals surface area contributed by atoms with Crippen LogP contribution in [0, 0.1) is 11.8 Å². The van der Waals surface area contributed by atoms with Crippen molar-refractivity contribution in [2.45, 2.75) is 32.6 Å². The molecular weight excluding hydrogens is 210 g/mol. The zero-order valence-electron chi connectivity index (χ0n) is 10.5. The van der Waals surface area contributed by atoms with Gasteiger partial charge >= 0.3 is 0 Å².